The summed E-state index contributed by atoms with van der Waals surface area (Å²) in [5, 5.41) is 10.6. The Bertz CT molecular complexity index is 694. The van der Waals surface area contributed by atoms with Crippen LogP contribution in [0.2, 0.25) is 0 Å². The fraction of sp³-hybridized carbons (Fsp3) is 0.739. The van der Waals surface area contributed by atoms with Crippen molar-refractivity contribution < 1.29 is 33.6 Å². The Morgan fingerprint density at radius 1 is 1.23 bits per heavy atom. The molecular weight excluding hydrogens is 388 g/mol. The van der Waals surface area contributed by atoms with Gasteiger partial charge in [0.15, 0.2) is 18.5 Å². The van der Waals surface area contributed by atoms with Gasteiger partial charge in [0.2, 0.25) is 0 Å². The number of ether oxygens (including phenoxy) is 4. The minimum atomic E-state index is -1.16. The maximum Gasteiger partial charge on any atom is 0.333 e. The molecule has 1 aliphatic carbocycles. The highest BCUT2D eigenvalue weighted by molar-refractivity contribution is 5.87. The average molecular weight is 425 g/mol. The molecule has 2 aliphatic rings. The number of esters is 2. The van der Waals surface area contributed by atoms with E-state index in [-0.39, 0.29) is 5.92 Å². The molecule has 0 amide bonds. The molecule has 0 aromatic carbocycles. The van der Waals surface area contributed by atoms with E-state index in [4.69, 9.17) is 18.9 Å². The molecule has 1 saturated heterocycles. The van der Waals surface area contributed by atoms with Crippen molar-refractivity contribution in [1.29, 1.82) is 0 Å². The maximum absolute atomic E-state index is 12.4. The van der Waals surface area contributed by atoms with Gasteiger partial charge in [0.05, 0.1) is 11.7 Å². The highest BCUT2D eigenvalue weighted by Gasteiger charge is 2.51. The van der Waals surface area contributed by atoms with Gasteiger partial charge in [-0.05, 0) is 66.7 Å². The number of hydrogen-bond acceptors (Lipinski definition) is 7. The molecule has 6 atom stereocenters. The normalized spacial score (nSPS) is 32.9. The summed E-state index contributed by atoms with van der Waals surface area (Å²) in [6.45, 7) is 12.4. The molecule has 1 fully saturated rings. The van der Waals surface area contributed by atoms with Crippen LogP contribution in [-0.2, 0) is 28.5 Å². The van der Waals surface area contributed by atoms with Crippen LogP contribution in [-0.4, -0.2) is 53.4 Å². The molecule has 1 N–H and O–H groups in total. The molecule has 2 rings (SSSR count). The van der Waals surface area contributed by atoms with Gasteiger partial charge in [-0.25, -0.2) is 4.79 Å². The Labute approximate surface area is 179 Å². The van der Waals surface area contributed by atoms with E-state index >= 15 is 0 Å². The van der Waals surface area contributed by atoms with Crippen molar-refractivity contribution in [3.05, 3.63) is 23.3 Å². The summed E-state index contributed by atoms with van der Waals surface area (Å²) < 4.78 is 23.2. The third kappa shape index (κ3) is 5.93. The second-order valence-electron chi connectivity index (χ2n) is 8.86. The van der Waals surface area contributed by atoms with Crippen molar-refractivity contribution in [3.8, 4) is 0 Å². The standard InChI is InChI=1S/C23H36O7/c1-8-14(3)21(26)29-19-18(25)15(4)27-22(20(19)28-16(5)24)30-23(6,7)17-11-9-13(2)10-12-17/h8-9,15,17-20,22,25H,10-12H2,1-7H3/b14-8-/t15-,17+,18+,19+,20-,22+/m1/s1. The number of carbonyl (C=O) groups excluding carboxylic acids is 2. The monoisotopic (exact) mass is 424 g/mol. The second-order valence-corrected chi connectivity index (χ2v) is 8.86. The van der Waals surface area contributed by atoms with E-state index in [0.717, 1.165) is 19.3 Å². The summed E-state index contributed by atoms with van der Waals surface area (Å²) >= 11 is 0. The highest BCUT2D eigenvalue weighted by Crippen LogP contribution is 2.37. The Morgan fingerprint density at radius 3 is 2.43 bits per heavy atom. The van der Waals surface area contributed by atoms with Gasteiger partial charge in [0, 0.05) is 12.5 Å². The quantitative estimate of drug-likeness (QED) is 0.397. The fourth-order valence-electron chi connectivity index (χ4n) is 3.86. The molecule has 0 aromatic rings. The summed E-state index contributed by atoms with van der Waals surface area (Å²) in [5.74, 6) is -0.897. The fourth-order valence-corrected chi connectivity index (χ4v) is 3.86. The van der Waals surface area contributed by atoms with Gasteiger partial charge >= 0.3 is 11.9 Å². The van der Waals surface area contributed by atoms with Crippen LogP contribution in [0.3, 0.4) is 0 Å². The van der Waals surface area contributed by atoms with E-state index in [9.17, 15) is 14.7 Å². The van der Waals surface area contributed by atoms with Crippen LogP contribution in [0.25, 0.3) is 0 Å². The molecule has 1 aliphatic heterocycles. The molecule has 0 aromatic heterocycles. The number of aliphatic hydroxyl groups excluding tert-OH is 1. The van der Waals surface area contributed by atoms with Gasteiger partial charge < -0.3 is 24.1 Å². The maximum atomic E-state index is 12.4. The number of rotatable bonds is 6. The highest BCUT2D eigenvalue weighted by atomic mass is 16.7. The van der Waals surface area contributed by atoms with E-state index in [1.807, 2.05) is 13.8 Å². The topological polar surface area (TPSA) is 91.3 Å². The molecule has 1 heterocycles. The Hall–Kier alpha value is -1.70. The van der Waals surface area contributed by atoms with E-state index in [1.54, 1.807) is 26.8 Å². The lowest BCUT2D eigenvalue weighted by Gasteiger charge is -2.46. The first kappa shape index (κ1) is 24.6. The molecule has 0 bridgehead atoms. The number of aliphatic hydroxyl groups is 1. The van der Waals surface area contributed by atoms with Crippen molar-refractivity contribution in [2.45, 2.75) is 104 Å². The second kappa shape index (κ2) is 10.1. The van der Waals surface area contributed by atoms with Gasteiger partial charge in [0.1, 0.15) is 6.10 Å². The lowest BCUT2D eigenvalue weighted by Crippen LogP contribution is -2.61. The van der Waals surface area contributed by atoms with Crippen LogP contribution < -0.4 is 0 Å². The molecule has 170 valence electrons. The predicted molar refractivity (Wildman–Crippen MR) is 111 cm³/mol. The molecular formula is C23H36O7. The largest absolute Gasteiger partial charge is 0.453 e. The predicted octanol–water partition coefficient (Wildman–Crippen LogP) is 3.44. The van der Waals surface area contributed by atoms with Crippen molar-refractivity contribution >= 4 is 11.9 Å². The molecule has 7 nitrogen and oxygen atoms in total. The summed E-state index contributed by atoms with van der Waals surface area (Å²) in [5.41, 5.74) is 1.19. The Morgan fingerprint density at radius 2 is 1.90 bits per heavy atom. The molecule has 0 spiro atoms. The lowest BCUT2D eigenvalue weighted by atomic mass is 9.79. The van der Waals surface area contributed by atoms with Gasteiger partial charge in [-0.2, -0.15) is 0 Å². The molecule has 30 heavy (non-hydrogen) atoms. The summed E-state index contributed by atoms with van der Waals surface area (Å²) in [6, 6.07) is 0. The molecule has 0 radical (unpaired) electrons. The number of allylic oxidation sites excluding steroid dienone is 3. The van der Waals surface area contributed by atoms with Crippen LogP contribution in [0.1, 0.15) is 67.7 Å². The van der Waals surface area contributed by atoms with Crippen molar-refractivity contribution in [2.75, 3.05) is 0 Å². The first-order valence-electron chi connectivity index (χ1n) is 10.6. The van der Waals surface area contributed by atoms with Crippen molar-refractivity contribution in [1.82, 2.24) is 0 Å². The van der Waals surface area contributed by atoms with E-state index in [0.29, 0.717) is 5.57 Å². The lowest BCUT2D eigenvalue weighted by molar-refractivity contribution is -0.325. The molecule has 0 unspecified atom stereocenters. The minimum absolute atomic E-state index is 0.260. The first-order valence-corrected chi connectivity index (χ1v) is 10.6. The molecule has 0 saturated carbocycles. The first-order chi connectivity index (χ1) is 14.0. The molecule has 7 heteroatoms. The SMILES string of the molecule is C/C=C(/C)C(=O)O[C@H]1[C@@H](O)[C@@H](C)O[C@@H](OC(C)(C)[C@H]2CC=C(C)CC2)[C@@H]1OC(C)=O. The van der Waals surface area contributed by atoms with E-state index in [1.165, 1.54) is 12.5 Å². The number of hydrogen-bond donors (Lipinski definition) is 1. The van der Waals surface area contributed by atoms with Crippen molar-refractivity contribution in [2.24, 2.45) is 5.92 Å². The van der Waals surface area contributed by atoms with Crippen LogP contribution >= 0.6 is 0 Å². The minimum Gasteiger partial charge on any atom is -0.453 e. The van der Waals surface area contributed by atoms with E-state index in [2.05, 4.69) is 13.0 Å². The third-order valence-corrected chi connectivity index (χ3v) is 6.10. The van der Waals surface area contributed by atoms with Gasteiger partial charge in [-0.3, -0.25) is 4.79 Å². The Balaban J connectivity index is 2.27. The van der Waals surface area contributed by atoms with Crippen LogP contribution in [0.15, 0.2) is 23.3 Å². The van der Waals surface area contributed by atoms with Gasteiger partial charge in [0.25, 0.3) is 0 Å². The summed E-state index contributed by atoms with van der Waals surface area (Å²) in [4.78, 5) is 24.2. The number of carbonyl (C=O) groups is 2. The summed E-state index contributed by atoms with van der Waals surface area (Å²) in [6.07, 6.45) is 1.73. The third-order valence-electron chi connectivity index (χ3n) is 6.10. The van der Waals surface area contributed by atoms with Gasteiger partial charge in [-0.1, -0.05) is 17.7 Å². The average Bonchev–Trinajstić information content (AvgIpc) is 2.67. The van der Waals surface area contributed by atoms with Crippen molar-refractivity contribution in [3.63, 3.8) is 0 Å². The smallest absolute Gasteiger partial charge is 0.333 e. The summed E-state index contributed by atoms with van der Waals surface area (Å²) in [7, 11) is 0. The van der Waals surface area contributed by atoms with Crippen LogP contribution in [0.4, 0.5) is 0 Å². The van der Waals surface area contributed by atoms with E-state index < -0.39 is 48.2 Å². The van der Waals surface area contributed by atoms with Gasteiger partial charge in [-0.15, -0.1) is 0 Å². The zero-order valence-electron chi connectivity index (χ0n) is 19.1. The Kier molecular flexibility index (Phi) is 8.25. The van der Waals surface area contributed by atoms with Crippen LogP contribution in [0, 0.1) is 5.92 Å². The zero-order chi connectivity index (χ0) is 22.6. The zero-order valence-corrected chi connectivity index (χ0v) is 19.1. The van der Waals surface area contributed by atoms with Crippen LogP contribution in [0.5, 0.6) is 0 Å².